The van der Waals surface area contributed by atoms with E-state index in [4.69, 9.17) is 9.94 Å². The van der Waals surface area contributed by atoms with E-state index in [1.807, 2.05) is 12.1 Å². The molecule has 1 aromatic carbocycles. The molecule has 5 nitrogen and oxygen atoms in total. The van der Waals surface area contributed by atoms with Crippen LogP contribution in [0.2, 0.25) is 0 Å². The van der Waals surface area contributed by atoms with Crippen LogP contribution in [0, 0.1) is 0 Å². The van der Waals surface area contributed by atoms with Gasteiger partial charge in [0, 0.05) is 18.5 Å². The van der Waals surface area contributed by atoms with Crippen molar-refractivity contribution >= 4 is 18.0 Å². The first-order valence-electron chi connectivity index (χ1n) is 8.92. The maximum absolute atomic E-state index is 12.4. The molecule has 0 aliphatic heterocycles. The molecule has 0 aliphatic rings. The van der Waals surface area contributed by atoms with E-state index < -0.39 is 5.97 Å². The van der Waals surface area contributed by atoms with Gasteiger partial charge in [-0.15, -0.1) is 0 Å². The molecule has 0 fully saturated rings. The highest BCUT2D eigenvalue weighted by atomic mass is 16.7. The Morgan fingerprint density at radius 2 is 1.84 bits per heavy atom. The number of carboxylic acids is 1. The number of nitrogens with zero attached hydrogens (tertiary/aromatic N) is 1. The molecule has 1 rings (SSSR count). The zero-order valence-corrected chi connectivity index (χ0v) is 15.2. The topological polar surface area (TPSA) is 66.8 Å². The van der Waals surface area contributed by atoms with Crippen LogP contribution < -0.4 is 0 Å². The summed E-state index contributed by atoms with van der Waals surface area (Å²) in [5.41, 5.74) is 1.63. The van der Waals surface area contributed by atoms with Gasteiger partial charge < -0.3 is 5.11 Å². The summed E-state index contributed by atoms with van der Waals surface area (Å²) < 4.78 is 0. The minimum atomic E-state index is -0.825. The fraction of sp³-hybridized carbons (Fsp3) is 0.500. The summed E-state index contributed by atoms with van der Waals surface area (Å²) in [6.45, 7) is 2.57. The van der Waals surface area contributed by atoms with Gasteiger partial charge >= 0.3 is 5.97 Å². The SMILES string of the molecule is CCCCCC=Cc1ccc(C(=O)N(CCCCC(=O)O)OC)cc1. The van der Waals surface area contributed by atoms with Gasteiger partial charge in [-0.2, -0.15) is 0 Å². The van der Waals surface area contributed by atoms with E-state index in [1.54, 1.807) is 12.1 Å². The van der Waals surface area contributed by atoms with Crippen LogP contribution in [-0.4, -0.2) is 35.7 Å². The highest BCUT2D eigenvalue weighted by Gasteiger charge is 2.15. The predicted octanol–water partition coefficient (Wildman–Crippen LogP) is 4.54. The van der Waals surface area contributed by atoms with Gasteiger partial charge in [-0.1, -0.05) is 44.1 Å². The summed E-state index contributed by atoms with van der Waals surface area (Å²) >= 11 is 0. The van der Waals surface area contributed by atoms with Gasteiger partial charge in [-0.05, 0) is 43.4 Å². The molecule has 138 valence electrons. The minimum absolute atomic E-state index is 0.102. The standard InChI is InChI=1S/C20H29NO4/c1-3-4-5-6-7-10-17-12-14-18(15-13-17)20(24)21(25-2)16-9-8-11-19(22)23/h7,10,12-15H,3-6,8-9,11,16H2,1-2H3,(H,22,23). The molecule has 25 heavy (non-hydrogen) atoms. The quantitative estimate of drug-likeness (QED) is 0.445. The fourth-order valence-corrected chi connectivity index (χ4v) is 2.42. The summed E-state index contributed by atoms with van der Waals surface area (Å²) in [7, 11) is 1.45. The van der Waals surface area contributed by atoms with Crippen LogP contribution >= 0.6 is 0 Å². The number of rotatable bonds is 12. The van der Waals surface area contributed by atoms with Crippen molar-refractivity contribution in [2.45, 2.75) is 51.9 Å². The molecule has 0 atom stereocenters. The second-order valence-electron chi connectivity index (χ2n) is 5.96. The number of unbranched alkanes of at least 4 members (excludes halogenated alkanes) is 4. The van der Waals surface area contributed by atoms with Crippen molar-refractivity contribution in [3.05, 3.63) is 41.5 Å². The molecular formula is C20H29NO4. The van der Waals surface area contributed by atoms with E-state index in [1.165, 1.54) is 31.4 Å². The van der Waals surface area contributed by atoms with Crippen molar-refractivity contribution in [2.24, 2.45) is 0 Å². The maximum Gasteiger partial charge on any atom is 0.303 e. The number of benzene rings is 1. The molecule has 1 aromatic rings. The maximum atomic E-state index is 12.4. The Balaban J connectivity index is 2.51. The van der Waals surface area contributed by atoms with Crippen LogP contribution in [0.4, 0.5) is 0 Å². The third-order valence-corrected chi connectivity index (χ3v) is 3.89. The molecule has 0 heterocycles. The summed E-state index contributed by atoms with van der Waals surface area (Å²) in [5.74, 6) is -1.04. The van der Waals surface area contributed by atoms with Crippen molar-refractivity contribution in [3.63, 3.8) is 0 Å². The molecule has 1 amide bonds. The number of hydroxylamine groups is 2. The molecule has 0 bridgehead atoms. The Morgan fingerprint density at radius 3 is 2.44 bits per heavy atom. The number of hydrogen-bond donors (Lipinski definition) is 1. The Hall–Kier alpha value is -2.14. The van der Waals surface area contributed by atoms with Crippen LogP contribution in [0.5, 0.6) is 0 Å². The summed E-state index contributed by atoms with van der Waals surface area (Å²) in [4.78, 5) is 28.1. The summed E-state index contributed by atoms with van der Waals surface area (Å²) in [6, 6.07) is 7.41. The van der Waals surface area contributed by atoms with Crippen LogP contribution in [-0.2, 0) is 9.63 Å². The third kappa shape index (κ3) is 8.49. The van der Waals surface area contributed by atoms with E-state index in [2.05, 4.69) is 19.1 Å². The van der Waals surface area contributed by atoms with E-state index in [0.717, 1.165) is 12.0 Å². The molecule has 0 spiro atoms. The lowest BCUT2D eigenvalue weighted by Crippen LogP contribution is -2.31. The number of carbonyl (C=O) groups is 2. The smallest absolute Gasteiger partial charge is 0.303 e. The molecule has 0 saturated heterocycles. The van der Waals surface area contributed by atoms with E-state index in [9.17, 15) is 9.59 Å². The van der Waals surface area contributed by atoms with Crippen molar-refractivity contribution in [2.75, 3.05) is 13.7 Å². The number of carbonyl (C=O) groups excluding carboxylic acids is 1. The first-order chi connectivity index (χ1) is 12.1. The van der Waals surface area contributed by atoms with E-state index in [-0.39, 0.29) is 12.3 Å². The van der Waals surface area contributed by atoms with Gasteiger partial charge in [0.2, 0.25) is 0 Å². The summed E-state index contributed by atoms with van der Waals surface area (Å²) in [5, 5.41) is 9.91. The normalized spacial score (nSPS) is 11.0. The Morgan fingerprint density at radius 1 is 1.12 bits per heavy atom. The van der Waals surface area contributed by atoms with Crippen LogP contribution in [0.25, 0.3) is 6.08 Å². The first kappa shape index (κ1) is 20.9. The first-order valence-corrected chi connectivity index (χ1v) is 8.92. The molecule has 1 N–H and O–H groups in total. The molecule has 0 aromatic heterocycles. The predicted molar refractivity (Wildman–Crippen MR) is 99.2 cm³/mol. The number of hydrogen-bond acceptors (Lipinski definition) is 3. The van der Waals surface area contributed by atoms with Crippen molar-refractivity contribution < 1.29 is 19.5 Å². The minimum Gasteiger partial charge on any atom is -0.481 e. The highest BCUT2D eigenvalue weighted by molar-refractivity contribution is 5.93. The second kappa shape index (κ2) is 12.3. The van der Waals surface area contributed by atoms with Gasteiger partial charge in [-0.25, -0.2) is 5.06 Å². The van der Waals surface area contributed by atoms with Crippen LogP contribution in [0.1, 0.15) is 67.8 Å². The van der Waals surface area contributed by atoms with Crippen molar-refractivity contribution in [1.29, 1.82) is 0 Å². The fourth-order valence-electron chi connectivity index (χ4n) is 2.42. The van der Waals surface area contributed by atoms with Gasteiger partial charge in [-0.3, -0.25) is 14.4 Å². The summed E-state index contributed by atoms with van der Waals surface area (Å²) in [6.07, 6.45) is 10.2. The van der Waals surface area contributed by atoms with Gasteiger partial charge in [0.25, 0.3) is 5.91 Å². The van der Waals surface area contributed by atoms with Gasteiger partial charge in [0.15, 0.2) is 0 Å². The zero-order valence-electron chi connectivity index (χ0n) is 15.2. The van der Waals surface area contributed by atoms with E-state index in [0.29, 0.717) is 24.9 Å². The lowest BCUT2D eigenvalue weighted by atomic mass is 10.1. The van der Waals surface area contributed by atoms with Gasteiger partial charge in [0.05, 0.1) is 7.11 Å². The Bertz CT molecular complexity index is 551. The number of carboxylic acid groups (broad SMARTS) is 1. The van der Waals surface area contributed by atoms with Crippen LogP contribution in [0.15, 0.2) is 30.3 Å². The van der Waals surface area contributed by atoms with E-state index >= 15 is 0 Å². The largest absolute Gasteiger partial charge is 0.481 e. The Kier molecular flexibility index (Phi) is 10.2. The Labute approximate surface area is 150 Å². The molecule has 0 aliphatic carbocycles. The highest BCUT2D eigenvalue weighted by Crippen LogP contribution is 2.11. The molecule has 0 saturated carbocycles. The monoisotopic (exact) mass is 347 g/mol. The lowest BCUT2D eigenvalue weighted by molar-refractivity contribution is -0.137. The van der Waals surface area contributed by atoms with Crippen molar-refractivity contribution in [1.82, 2.24) is 5.06 Å². The molecule has 0 radical (unpaired) electrons. The van der Waals surface area contributed by atoms with Gasteiger partial charge in [0.1, 0.15) is 0 Å². The average molecular weight is 347 g/mol. The average Bonchev–Trinajstić information content (AvgIpc) is 2.61. The number of aliphatic carboxylic acids is 1. The van der Waals surface area contributed by atoms with Crippen LogP contribution in [0.3, 0.4) is 0 Å². The number of amides is 1. The lowest BCUT2D eigenvalue weighted by Gasteiger charge is -2.19. The molecule has 5 heteroatoms. The third-order valence-electron chi connectivity index (χ3n) is 3.89. The van der Waals surface area contributed by atoms with Crippen molar-refractivity contribution in [3.8, 4) is 0 Å². The number of allylic oxidation sites excluding steroid dienone is 1. The molecule has 0 unspecified atom stereocenters. The zero-order chi connectivity index (χ0) is 18.5. The molecular weight excluding hydrogens is 318 g/mol. The second-order valence-corrected chi connectivity index (χ2v) is 5.96.